The predicted molar refractivity (Wildman–Crippen MR) is 65.0 cm³/mol. The molecule has 5 N–H and O–H groups in total. The van der Waals surface area contributed by atoms with Crippen LogP contribution in [0, 0.1) is 5.92 Å². The van der Waals surface area contributed by atoms with Crippen molar-refractivity contribution < 1.29 is 33.1 Å². The van der Waals surface area contributed by atoms with Gasteiger partial charge in [-0.1, -0.05) is 6.42 Å². The summed E-state index contributed by atoms with van der Waals surface area (Å²) in [4.78, 5) is 11.0. The SMILES string of the molecule is O=C(O)C1NCC(NCC(F)(F)F)C1CCCB(O)O. The highest BCUT2D eigenvalue weighted by atomic mass is 19.4. The van der Waals surface area contributed by atoms with Crippen LogP contribution in [0.15, 0.2) is 0 Å². The van der Waals surface area contributed by atoms with Gasteiger partial charge in [-0.15, -0.1) is 0 Å². The summed E-state index contributed by atoms with van der Waals surface area (Å²) in [6, 6.07) is -1.52. The fourth-order valence-corrected chi connectivity index (χ4v) is 2.43. The van der Waals surface area contributed by atoms with Crippen molar-refractivity contribution in [3.05, 3.63) is 0 Å². The van der Waals surface area contributed by atoms with E-state index >= 15 is 0 Å². The van der Waals surface area contributed by atoms with Crippen molar-refractivity contribution >= 4 is 13.1 Å². The molecule has 1 rings (SSSR count). The van der Waals surface area contributed by atoms with Gasteiger partial charge in [-0.2, -0.15) is 13.2 Å². The molecule has 20 heavy (non-hydrogen) atoms. The maximum absolute atomic E-state index is 12.2. The Bertz CT molecular complexity index is 330. The molecule has 6 nitrogen and oxygen atoms in total. The Morgan fingerprint density at radius 3 is 2.55 bits per heavy atom. The topological polar surface area (TPSA) is 102 Å². The molecule has 0 bridgehead atoms. The molecule has 3 unspecified atom stereocenters. The van der Waals surface area contributed by atoms with Crippen LogP contribution >= 0.6 is 0 Å². The lowest BCUT2D eigenvalue weighted by atomic mass is 9.80. The summed E-state index contributed by atoms with van der Waals surface area (Å²) >= 11 is 0. The molecular weight excluding hydrogens is 280 g/mol. The summed E-state index contributed by atoms with van der Waals surface area (Å²) in [6.07, 6.45) is -3.66. The molecule has 0 aromatic rings. The molecule has 1 saturated heterocycles. The molecule has 0 saturated carbocycles. The number of hydrogen-bond donors (Lipinski definition) is 5. The maximum Gasteiger partial charge on any atom is 0.451 e. The Labute approximate surface area is 114 Å². The summed E-state index contributed by atoms with van der Waals surface area (Å²) in [5.41, 5.74) is 0. The van der Waals surface area contributed by atoms with Gasteiger partial charge in [0.25, 0.3) is 0 Å². The second kappa shape index (κ2) is 7.25. The largest absolute Gasteiger partial charge is 0.480 e. The normalized spacial score (nSPS) is 26.8. The number of rotatable bonds is 7. The molecule has 116 valence electrons. The first-order chi connectivity index (χ1) is 9.20. The minimum absolute atomic E-state index is 0.0643. The van der Waals surface area contributed by atoms with E-state index in [1.165, 1.54) is 0 Å². The fraction of sp³-hybridized carbons (Fsp3) is 0.900. The number of hydrogen-bond acceptors (Lipinski definition) is 5. The summed E-state index contributed by atoms with van der Waals surface area (Å²) in [5.74, 6) is -1.63. The van der Waals surface area contributed by atoms with E-state index in [1.54, 1.807) is 0 Å². The van der Waals surface area contributed by atoms with Gasteiger partial charge >= 0.3 is 19.3 Å². The summed E-state index contributed by atoms with van der Waals surface area (Å²) in [6.45, 7) is -1.04. The van der Waals surface area contributed by atoms with E-state index in [0.717, 1.165) is 0 Å². The van der Waals surface area contributed by atoms with E-state index in [9.17, 15) is 18.0 Å². The molecule has 0 aromatic carbocycles. The molecule has 1 fully saturated rings. The van der Waals surface area contributed by atoms with Crippen LogP contribution < -0.4 is 10.6 Å². The molecule has 0 spiro atoms. The number of carbonyl (C=O) groups is 1. The Balaban J connectivity index is 2.55. The second-order valence-electron chi connectivity index (χ2n) is 4.90. The lowest BCUT2D eigenvalue weighted by Gasteiger charge is -2.23. The Hall–Kier alpha value is -0.835. The number of aliphatic carboxylic acids is 1. The van der Waals surface area contributed by atoms with Crippen LogP contribution in [0.5, 0.6) is 0 Å². The van der Waals surface area contributed by atoms with E-state index < -0.39 is 43.8 Å². The van der Waals surface area contributed by atoms with Gasteiger partial charge in [0.15, 0.2) is 0 Å². The zero-order chi connectivity index (χ0) is 15.3. The highest BCUT2D eigenvalue weighted by Gasteiger charge is 2.41. The van der Waals surface area contributed by atoms with E-state index in [-0.39, 0.29) is 12.9 Å². The molecule has 10 heteroatoms. The van der Waals surface area contributed by atoms with Crippen molar-refractivity contribution in [2.75, 3.05) is 13.1 Å². The van der Waals surface area contributed by atoms with Crippen LogP contribution in [0.2, 0.25) is 6.32 Å². The average Bonchev–Trinajstić information content (AvgIpc) is 2.68. The zero-order valence-corrected chi connectivity index (χ0v) is 10.7. The van der Waals surface area contributed by atoms with Crippen LogP contribution in [0.25, 0.3) is 0 Å². The maximum atomic E-state index is 12.2. The van der Waals surface area contributed by atoms with Gasteiger partial charge in [0, 0.05) is 18.5 Å². The Morgan fingerprint density at radius 2 is 2.05 bits per heavy atom. The number of carboxylic acids is 1. The van der Waals surface area contributed by atoms with Crippen molar-refractivity contribution in [3.8, 4) is 0 Å². The molecule has 3 atom stereocenters. The summed E-state index contributed by atoms with van der Waals surface area (Å²) in [7, 11) is -1.49. The minimum Gasteiger partial charge on any atom is -0.480 e. The van der Waals surface area contributed by atoms with E-state index in [2.05, 4.69) is 10.6 Å². The molecule has 0 amide bonds. The zero-order valence-electron chi connectivity index (χ0n) is 10.7. The lowest BCUT2D eigenvalue weighted by molar-refractivity contribution is -0.140. The Morgan fingerprint density at radius 1 is 1.40 bits per heavy atom. The third-order valence-corrected chi connectivity index (χ3v) is 3.33. The van der Waals surface area contributed by atoms with E-state index in [0.29, 0.717) is 12.8 Å². The van der Waals surface area contributed by atoms with Crippen molar-refractivity contribution in [1.29, 1.82) is 0 Å². The van der Waals surface area contributed by atoms with Crippen molar-refractivity contribution in [1.82, 2.24) is 10.6 Å². The third kappa shape index (κ3) is 5.65. The van der Waals surface area contributed by atoms with Crippen LogP contribution in [-0.4, -0.2) is 59.6 Å². The van der Waals surface area contributed by atoms with Crippen LogP contribution in [0.4, 0.5) is 13.2 Å². The molecule has 0 aromatic heterocycles. The summed E-state index contributed by atoms with van der Waals surface area (Å²) < 4.78 is 36.6. The van der Waals surface area contributed by atoms with Gasteiger partial charge in [0.2, 0.25) is 0 Å². The second-order valence-corrected chi connectivity index (χ2v) is 4.90. The monoisotopic (exact) mass is 298 g/mol. The number of nitrogens with one attached hydrogen (secondary N) is 2. The van der Waals surface area contributed by atoms with E-state index in [4.69, 9.17) is 15.2 Å². The predicted octanol–water partition coefficient (Wildman–Crippen LogP) is -0.568. The van der Waals surface area contributed by atoms with Gasteiger partial charge < -0.3 is 25.8 Å². The van der Waals surface area contributed by atoms with Gasteiger partial charge in [0.1, 0.15) is 6.04 Å². The Kier molecular flexibility index (Phi) is 6.24. The van der Waals surface area contributed by atoms with Crippen molar-refractivity contribution in [2.45, 2.75) is 37.4 Å². The summed E-state index contributed by atoms with van der Waals surface area (Å²) in [5, 5.41) is 31.5. The molecule has 1 aliphatic heterocycles. The first-order valence-electron chi connectivity index (χ1n) is 6.33. The van der Waals surface area contributed by atoms with Crippen molar-refractivity contribution in [3.63, 3.8) is 0 Å². The van der Waals surface area contributed by atoms with Gasteiger partial charge in [-0.3, -0.25) is 4.79 Å². The lowest BCUT2D eigenvalue weighted by Crippen LogP contribution is -2.43. The smallest absolute Gasteiger partial charge is 0.451 e. The van der Waals surface area contributed by atoms with Crippen LogP contribution in [0.1, 0.15) is 12.8 Å². The quantitative estimate of drug-likeness (QED) is 0.404. The minimum atomic E-state index is -4.35. The first-order valence-corrected chi connectivity index (χ1v) is 6.33. The first kappa shape index (κ1) is 17.2. The highest BCUT2D eigenvalue weighted by Crippen LogP contribution is 2.24. The molecule has 1 aliphatic rings. The molecular formula is C10H18BF3N2O4. The molecule has 1 heterocycles. The van der Waals surface area contributed by atoms with Gasteiger partial charge in [-0.25, -0.2) is 0 Å². The van der Waals surface area contributed by atoms with Crippen molar-refractivity contribution in [2.24, 2.45) is 5.92 Å². The van der Waals surface area contributed by atoms with E-state index in [1.807, 2.05) is 0 Å². The third-order valence-electron chi connectivity index (χ3n) is 3.33. The van der Waals surface area contributed by atoms with Gasteiger partial charge in [-0.05, 0) is 12.7 Å². The molecule has 0 aliphatic carbocycles. The molecule has 0 radical (unpaired) electrons. The average molecular weight is 298 g/mol. The van der Waals surface area contributed by atoms with Gasteiger partial charge in [0.05, 0.1) is 6.54 Å². The number of alkyl halides is 3. The highest BCUT2D eigenvalue weighted by molar-refractivity contribution is 6.40. The standard InChI is InChI=1S/C10H18BF3N2O4/c12-10(13,14)5-16-7-4-15-8(9(17)18)6(7)2-1-3-11(19)20/h6-8,15-16,19-20H,1-5H2,(H,17,18). The van der Waals surface area contributed by atoms with Crippen LogP contribution in [0.3, 0.4) is 0 Å². The number of halogens is 3. The number of carboxylic acid groups (broad SMARTS) is 1. The van der Waals surface area contributed by atoms with Crippen LogP contribution in [-0.2, 0) is 4.79 Å². The fourth-order valence-electron chi connectivity index (χ4n) is 2.43.